The van der Waals surface area contributed by atoms with Crippen LogP contribution < -0.4 is 16.1 Å². The maximum atomic E-state index is 14.6. The number of hydrogen-bond donors (Lipinski definition) is 4. The standard InChI is InChI=1S/C48H64N8O6/c1-8-34(4)44(56-26-25-54(47(56)61)30-38-17-14-19-39(51-38)33(2)3)45(59)52-41(27-35-15-10-9-11-16-35)42(57)31-55(53-43(58)28-48(5,6)32-50-46(60)62-7)29-36-20-22-37(23-21-36)40-18-12-13-24-49-40/h9-24,33-34,41-42,44,57H,8,25-32H2,1-7H3,(H,50,60)(H,52,59)(H,53,58). The molecule has 1 aliphatic heterocycles. The van der Waals surface area contributed by atoms with Crippen LogP contribution in [0.15, 0.2) is 97.2 Å². The molecule has 5 amide bonds. The summed E-state index contributed by atoms with van der Waals surface area (Å²) in [5, 5.41) is 19.7. The number of methoxy groups -OCH3 is 1. The van der Waals surface area contributed by atoms with Gasteiger partial charge in [-0.2, -0.15) is 0 Å². The summed E-state index contributed by atoms with van der Waals surface area (Å²) in [6.45, 7) is 13.4. The predicted molar refractivity (Wildman–Crippen MR) is 239 cm³/mol. The average molecular weight is 849 g/mol. The maximum absolute atomic E-state index is 14.6. The molecule has 0 aliphatic carbocycles. The van der Waals surface area contributed by atoms with Crippen molar-refractivity contribution in [3.8, 4) is 11.3 Å². The fourth-order valence-electron chi connectivity index (χ4n) is 7.59. The molecule has 0 spiro atoms. The van der Waals surface area contributed by atoms with Crippen molar-refractivity contribution < 1.29 is 29.0 Å². The lowest BCUT2D eigenvalue weighted by Crippen LogP contribution is -2.58. The van der Waals surface area contributed by atoms with Gasteiger partial charge in [0.05, 0.1) is 37.2 Å². The van der Waals surface area contributed by atoms with Gasteiger partial charge in [0.1, 0.15) is 6.04 Å². The highest BCUT2D eigenvalue weighted by atomic mass is 16.5. The van der Waals surface area contributed by atoms with Gasteiger partial charge in [0.15, 0.2) is 0 Å². The molecule has 4 atom stereocenters. The van der Waals surface area contributed by atoms with Crippen LogP contribution in [0.5, 0.6) is 0 Å². The summed E-state index contributed by atoms with van der Waals surface area (Å²) < 4.78 is 4.71. The maximum Gasteiger partial charge on any atom is 0.406 e. The number of benzene rings is 2. The molecule has 1 fully saturated rings. The molecule has 14 heteroatoms. The molecule has 1 aliphatic rings. The smallest absolute Gasteiger partial charge is 0.406 e. The van der Waals surface area contributed by atoms with E-state index < -0.39 is 29.7 Å². The molecule has 62 heavy (non-hydrogen) atoms. The first-order valence-electron chi connectivity index (χ1n) is 21.6. The van der Waals surface area contributed by atoms with Crippen molar-refractivity contribution in [2.75, 3.05) is 33.3 Å². The zero-order valence-electron chi connectivity index (χ0n) is 37.2. The molecule has 4 unspecified atom stereocenters. The number of hydrogen-bond acceptors (Lipinski definition) is 9. The highest BCUT2D eigenvalue weighted by Gasteiger charge is 2.41. The Labute approximate surface area is 366 Å². The van der Waals surface area contributed by atoms with Crippen molar-refractivity contribution in [2.24, 2.45) is 11.3 Å². The van der Waals surface area contributed by atoms with Gasteiger partial charge in [0, 0.05) is 56.6 Å². The second kappa shape index (κ2) is 22.3. The van der Waals surface area contributed by atoms with Gasteiger partial charge < -0.3 is 30.3 Å². The highest BCUT2D eigenvalue weighted by Crippen LogP contribution is 2.25. The Hall–Kier alpha value is -5.86. The largest absolute Gasteiger partial charge is 0.453 e. The van der Waals surface area contributed by atoms with Gasteiger partial charge in [-0.15, -0.1) is 0 Å². The molecule has 0 saturated carbocycles. The average Bonchev–Trinajstić information content (AvgIpc) is 3.61. The van der Waals surface area contributed by atoms with Gasteiger partial charge in [0.25, 0.3) is 0 Å². The van der Waals surface area contributed by atoms with Crippen molar-refractivity contribution in [3.63, 3.8) is 0 Å². The monoisotopic (exact) mass is 848 g/mol. The lowest BCUT2D eigenvalue weighted by atomic mass is 9.89. The Bertz CT molecular complexity index is 2070. The Morgan fingerprint density at radius 3 is 2.31 bits per heavy atom. The lowest BCUT2D eigenvalue weighted by Gasteiger charge is -2.35. The van der Waals surface area contributed by atoms with Crippen LogP contribution in [0.1, 0.15) is 82.8 Å². The highest BCUT2D eigenvalue weighted by molar-refractivity contribution is 5.88. The van der Waals surface area contributed by atoms with Crippen LogP contribution in [-0.4, -0.2) is 105 Å². The second-order valence-corrected chi connectivity index (χ2v) is 17.3. The summed E-state index contributed by atoms with van der Waals surface area (Å²) in [6.07, 6.45) is 0.994. The van der Waals surface area contributed by atoms with Crippen LogP contribution in [0.3, 0.4) is 0 Å². The number of rotatable bonds is 21. The number of aromatic nitrogens is 2. The zero-order chi connectivity index (χ0) is 44.8. The molecule has 14 nitrogen and oxygen atoms in total. The number of nitrogens with zero attached hydrogens (tertiary/aromatic N) is 5. The van der Waals surface area contributed by atoms with Gasteiger partial charge in [-0.3, -0.25) is 25.0 Å². The van der Waals surface area contributed by atoms with Crippen LogP contribution in [-0.2, 0) is 33.8 Å². The zero-order valence-corrected chi connectivity index (χ0v) is 37.2. The van der Waals surface area contributed by atoms with Gasteiger partial charge in [-0.05, 0) is 59.1 Å². The van der Waals surface area contributed by atoms with Gasteiger partial charge in [-0.25, -0.2) is 14.6 Å². The first-order chi connectivity index (χ1) is 29.7. The number of aliphatic hydroxyl groups excluding tert-OH is 1. The molecule has 0 radical (unpaired) electrons. The van der Waals surface area contributed by atoms with Crippen molar-refractivity contribution >= 4 is 23.9 Å². The van der Waals surface area contributed by atoms with E-state index in [-0.39, 0.29) is 55.7 Å². The molecular formula is C48H64N8O6. The minimum absolute atomic E-state index is 0.0424. The molecule has 4 aromatic rings. The van der Waals surface area contributed by atoms with Crippen molar-refractivity contribution in [2.45, 2.75) is 98.0 Å². The number of hydrazine groups is 1. The lowest BCUT2D eigenvalue weighted by molar-refractivity contribution is -0.131. The van der Waals surface area contributed by atoms with Gasteiger partial charge >= 0.3 is 12.1 Å². The number of alkyl carbamates (subject to hydrolysis) is 1. The van der Waals surface area contributed by atoms with E-state index in [1.807, 2.05) is 119 Å². The molecule has 1 saturated heterocycles. The number of pyridine rings is 2. The summed E-state index contributed by atoms with van der Waals surface area (Å²) >= 11 is 0. The summed E-state index contributed by atoms with van der Waals surface area (Å²) in [5.74, 6) is -0.602. The number of nitrogens with one attached hydrogen (secondary N) is 3. The molecule has 2 aromatic carbocycles. The van der Waals surface area contributed by atoms with E-state index in [9.17, 15) is 24.3 Å². The van der Waals surface area contributed by atoms with E-state index in [0.29, 0.717) is 32.5 Å². The van der Waals surface area contributed by atoms with Crippen LogP contribution in [0.25, 0.3) is 11.3 Å². The summed E-state index contributed by atoms with van der Waals surface area (Å²) in [4.78, 5) is 66.7. The van der Waals surface area contributed by atoms with E-state index >= 15 is 0 Å². The fourth-order valence-corrected chi connectivity index (χ4v) is 7.59. The predicted octanol–water partition coefficient (Wildman–Crippen LogP) is 6.31. The molecule has 5 rings (SSSR count). The van der Waals surface area contributed by atoms with Crippen LogP contribution in [0, 0.1) is 11.3 Å². The number of ether oxygens (including phenoxy) is 1. The summed E-state index contributed by atoms with van der Waals surface area (Å²) in [7, 11) is 1.28. The molecule has 4 N–H and O–H groups in total. The van der Waals surface area contributed by atoms with Crippen LogP contribution in [0.4, 0.5) is 9.59 Å². The summed E-state index contributed by atoms with van der Waals surface area (Å²) in [6, 6.07) is 27.2. The molecule has 0 bridgehead atoms. The van der Waals surface area contributed by atoms with E-state index in [4.69, 9.17) is 9.72 Å². The van der Waals surface area contributed by atoms with Crippen molar-refractivity contribution in [3.05, 3.63) is 120 Å². The van der Waals surface area contributed by atoms with Gasteiger partial charge in [-0.1, -0.05) is 115 Å². The third-order valence-corrected chi connectivity index (χ3v) is 11.3. The number of amides is 5. The Morgan fingerprint density at radius 2 is 1.65 bits per heavy atom. The van der Waals surface area contributed by atoms with E-state index in [0.717, 1.165) is 33.8 Å². The number of urea groups is 1. The first kappa shape index (κ1) is 47.2. The Kier molecular flexibility index (Phi) is 17.0. The van der Waals surface area contributed by atoms with E-state index in [2.05, 4.69) is 34.9 Å². The third-order valence-electron chi connectivity index (χ3n) is 11.3. The third kappa shape index (κ3) is 13.6. The SMILES string of the molecule is CCC(C)C(C(=O)NC(Cc1ccccc1)C(O)CN(Cc1ccc(-c2ccccn2)cc1)NC(=O)CC(C)(C)CNC(=O)OC)N1CCN(Cc2cccc(C(C)C)n2)C1=O. The fraction of sp³-hybridized carbons (Fsp3) is 0.458. The molecular weight excluding hydrogens is 785 g/mol. The molecule has 332 valence electrons. The molecule has 3 heterocycles. The van der Waals surface area contributed by atoms with Gasteiger partial charge in [0.2, 0.25) is 11.8 Å². The van der Waals surface area contributed by atoms with E-state index in [1.54, 1.807) is 21.0 Å². The van der Waals surface area contributed by atoms with Crippen LogP contribution in [0.2, 0.25) is 0 Å². The first-order valence-corrected chi connectivity index (χ1v) is 21.6. The molecule has 2 aromatic heterocycles. The topological polar surface area (TPSA) is 169 Å². The van der Waals surface area contributed by atoms with Crippen molar-refractivity contribution in [1.82, 2.24) is 40.8 Å². The minimum atomic E-state index is -1.16. The number of carbonyl (C=O) groups is 4. The second-order valence-electron chi connectivity index (χ2n) is 17.3. The number of carbonyl (C=O) groups excluding carboxylic acids is 4. The van der Waals surface area contributed by atoms with E-state index in [1.165, 1.54) is 7.11 Å². The van der Waals surface area contributed by atoms with Crippen LogP contribution >= 0.6 is 0 Å². The van der Waals surface area contributed by atoms with Crippen molar-refractivity contribution in [1.29, 1.82) is 0 Å². The number of aliphatic hydroxyl groups is 1. The minimum Gasteiger partial charge on any atom is -0.453 e. The summed E-state index contributed by atoms with van der Waals surface area (Å²) in [5.41, 5.74) is 7.67. The quantitative estimate of drug-likeness (QED) is 0.0702. The Morgan fingerprint density at radius 1 is 0.919 bits per heavy atom. The Balaban J connectivity index is 1.37. The normalized spacial score (nSPS) is 15.0.